The standard InChI is InChI=1S/C12H13FN2O2/c1-6-4-7(13)5-9-10(6)15(8-2-3-8)12(17)14-11(9)16/h5-6,8H,2-4H2,1H3,(H,14,16,17). The van der Waals surface area contributed by atoms with Crippen molar-refractivity contribution in [2.75, 3.05) is 0 Å². The van der Waals surface area contributed by atoms with Crippen molar-refractivity contribution < 1.29 is 4.39 Å². The molecule has 4 nitrogen and oxygen atoms in total. The maximum Gasteiger partial charge on any atom is 0.328 e. The molecule has 0 aromatic carbocycles. The van der Waals surface area contributed by atoms with Gasteiger partial charge in [0.1, 0.15) is 5.83 Å². The van der Waals surface area contributed by atoms with Gasteiger partial charge in [-0.3, -0.25) is 14.3 Å². The average molecular weight is 236 g/mol. The van der Waals surface area contributed by atoms with Gasteiger partial charge in [-0.15, -0.1) is 0 Å². The normalized spacial score (nSPS) is 23.2. The Bertz CT molecular complexity index is 622. The van der Waals surface area contributed by atoms with Gasteiger partial charge in [-0.1, -0.05) is 6.92 Å². The Labute approximate surface area is 96.8 Å². The van der Waals surface area contributed by atoms with Gasteiger partial charge < -0.3 is 0 Å². The Morgan fingerprint density at radius 1 is 1.41 bits per heavy atom. The van der Waals surface area contributed by atoms with Gasteiger partial charge in [-0.25, -0.2) is 9.18 Å². The number of H-pyrrole nitrogens is 1. The fourth-order valence-electron chi connectivity index (χ4n) is 2.52. The molecular weight excluding hydrogens is 223 g/mol. The molecule has 17 heavy (non-hydrogen) atoms. The molecule has 0 bridgehead atoms. The highest BCUT2D eigenvalue weighted by molar-refractivity contribution is 5.56. The number of aromatic amines is 1. The molecule has 2 aliphatic rings. The van der Waals surface area contributed by atoms with E-state index in [1.54, 1.807) is 4.57 Å². The molecular formula is C12H13FN2O2. The summed E-state index contributed by atoms with van der Waals surface area (Å²) < 4.78 is 15.0. The van der Waals surface area contributed by atoms with Crippen molar-refractivity contribution in [3.8, 4) is 0 Å². The lowest BCUT2D eigenvalue weighted by molar-refractivity contribution is 0.513. The quantitative estimate of drug-likeness (QED) is 0.806. The number of fused-ring (bicyclic) bond motifs is 1. The maximum atomic E-state index is 13.4. The molecule has 1 N–H and O–H groups in total. The first-order valence-corrected chi connectivity index (χ1v) is 5.82. The van der Waals surface area contributed by atoms with Gasteiger partial charge in [-0.2, -0.15) is 0 Å². The van der Waals surface area contributed by atoms with E-state index in [1.807, 2.05) is 6.92 Å². The number of hydrogen-bond acceptors (Lipinski definition) is 2. The highest BCUT2D eigenvalue weighted by atomic mass is 19.1. The van der Waals surface area contributed by atoms with Crippen molar-refractivity contribution in [3.63, 3.8) is 0 Å². The van der Waals surface area contributed by atoms with Crippen LogP contribution in [0.25, 0.3) is 6.08 Å². The van der Waals surface area contributed by atoms with E-state index in [2.05, 4.69) is 4.98 Å². The molecule has 1 unspecified atom stereocenters. The zero-order valence-corrected chi connectivity index (χ0v) is 9.50. The van der Waals surface area contributed by atoms with E-state index in [0.29, 0.717) is 11.3 Å². The molecule has 1 fully saturated rings. The second-order valence-electron chi connectivity index (χ2n) is 4.86. The summed E-state index contributed by atoms with van der Waals surface area (Å²) in [6.45, 7) is 1.85. The smallest absolute Gasteiger partial charge is 0.294 e. The van der Waals surface area contributed by atoms with Crippen molar-refractivity contribution in [2.45, 2.75) is 38.1 Å². The molecule has 0 saturated heterocycles. The number of aromatic nitrogens is 2. The van der Waals surface area contributed by atoms with E-state index in [0.717, 1.165) is 12.8 Å². The van der Waals surface area contributed by atoms with Gasteiger partial charge in [0.05, 0.1) is 5.56 Å². The van der Waals surface area contributed by atoms with E-state index in [9.17, 15) is 14.0 Å². The van der Waals surface area contributed by atoms with Crippen LogP contribution in [0, 0.1) is 0 Å². The van der Waals surface area contributed by atoms with Crippen LogP contribution < -0.4 is 11.2 Å². The van der Waals surface area contributed by atoms with Crippen LogP contribution in [-0.4, -0.2) is 9.55 Å². The van der Waals surface area contributed by atoms with Crippen molar-refractivity contribution in [2.24, 2.45) is 0 Å². The van der Waals surface area contributed by atoms with Gasteiger partial charge in [-0.05, 0) is 18.9 Å². The van der Waals surface area contributed by atoms with Gasteiger partial charge in [0.2, 0.25) is 0 Å². The van der Waals surface area contributed by atoms with Crippen LogP contribution in [0.5, 0.6) is 0 Å². The Morgan fingerprint density at radius 3 is 2.76 bits per heavy atom. The molecule has 1 aromatic rings. The Kier molecular flexibility index (Phi) is 2.11. The van der Waals surface area contributed by atoms with Crippen LogP contribution in [0.4, 0.5) is 4.39 Å². The second-order valence-corrected chi connectivity index (χ2v) is 4.86. The lowest BCUT2D eigenvalue weighted by Crippen LogP contribution is -2.35. The summed E-state index contributed by atoms with van der Waals surface area (Å²) in [6.07, 6.45) is 3.43. The summed E-state index contributed by atoms with van der Waals surface area (Å²) in [6, 6.07) is 0.185. The zero-order chi connectivity index (χ0) is 12.2. The largest absolute Gasteiger partial charge is 0.328 e. The number of hydrogen-bond donors (Lipinski definition) is 1. The number of halogens is 1. The highest BCUT2D eigenvalue weighted by Crippen LogP contribution is 2.39. The van der Waals surface area contributed by atoms with Crippen LogP contribution in [0.3, 0.4) is 0 Å². The summed E-state index contributed by atoms with van der Waals surface area (Å²) >= 11 is 0. The second kappa shape index (κ2) is 3.42. The zero-order valence-electron chi connectivity index (χ0n) is 9.50. The van der Waals surface area contributed by atoms with Crippen LogP contribution >= 0.6 is 0 Å². The summed E-state index contributed by atoms with van der Waals surface area (Å²) in [5, 5.41) is 0. The summed E-state index contributed by atoms with van der Waals surface area (Å²) in [5.41, 5.74) is 0.165. The number of allylic oxidation sites excluding steroid dienone is 1. The Hall–Kier alpha value is -1.65. The number of rotatable bonds is 1. The first kappa shape index (κ1) is 10.5. The lowest BCUT2D eigenvalue weighted by atomic mass is 9.92. The van der Waals surface area contributed by atoms with E-state index >= 15 is 0 Å². The molecule has 1 saturated carbocycles. The number of nitrogens with zero attached hydrogens (tertiary/aromatic N) is 1. The van der Waals surface area contributed by atoms with E-state index in [1.165, 1.54) is 6.08 Å². The molecule has 5 heteroatoms. The van der Waals surface area contributed by atoms with E-state index < -0.39 is 5.56 Å². The first-order chi connectivity index (χ1) is 8.08. The van der Waals surface area contributed by atoms with Crippen molar-refractivity contribution >= 4 is 6.08 Å². The predicted molar refractivity (Wildman–Crippen MR) is 61.7 cm³/mol. The van der Waals surface area contributed by atoms with Crippen LogP contribution in [0.15, 0.2) is 15.4 Å². The van der Waals surface area contributed by atoms with E-state index in [-0.39, 0.29) is 29.9 Å². The minimum absolute atomic E-state index is 0.120. The first-order valence-electron chi connectivity index (χ1n) is 5.82. The van der Waals surface area contributed by atoms with Crippen LogP contribution in [0.1, 0.15) is 49.4 Å². The van der Waals surface area contributed by atoms with Crippen LogP contribution in [0.2, 0.25) is 0 Å². The van der Waals surface area contributed by atoms with E-state index in [4.69, 9.17) is 0 Å². The monoisotopic (exact) mass is 236 g/mol. The average Bonchev–Trinajstić information content (AvgIpc) is 3.03. The molecule has 0 radical (unpaired) electrons. The molecule has 0 aliphatic heterocycles. The fraction of sp³-hybridized carbons (Fsp3) is 0.500. The SMILES string of the molecule is CC1CC(F)=Cc2c1n(C1CC1)c(=O)[nH]c2=O. The highest BCUT2D eigenvalue weighted by Gasteiger charge is 2.32. The molecule has 3 rings (SSSR count). The third-order valence-electron chi connectivity index (χ3n) is 3.40. The summed E-state index contributed by atoms with van der Waals surface area (Å²) in [4.78, 5) is 25.8. The van der Waals surface area contributed by atoms with Crippen molar-refractivity contribution in [3.05, 3.63) is 37.9 Å². The minimum Gasteiger partial charge on any atom is -0.294 e. The van der Waals surface area contributed by atoms with Gasteiger partial charge >= 0.3 is 5.69 Å². The molecule has 0 amide bonds. The van der Waals surface area contributed by atoms with Gasteiger partial charge in [0.25, 0.3) is 5.56 Å². The van der Waals surface area contributed by atoms with Gasteiger partial charge in [0, 0.05) is 24.1 Å². The molecule has 0 spiro atoms. The molecule has 2 aliphatic carbocycles. The Morgan fingerprint density at radius 2 is 2.12 bits per heavy atom. The van der Waals surface area contributed by atoms with Crippen molar-refractivity contribution in [1.29, 1.82) is 0 Å². The summed E-state index contributed by atoms with van der Waals surface area (Å²) in [7, 11) is 0. The summed E-state index contributed by atoms with van der Waals surface area (Å²) in [5.74, 6) is -0.415. The molecule has 1 heterocycles. The lowest BCUT2D eigenvalue weighted by Gasteiger charge is -2.22. The third kappa shape index (κ3) is 1.57. The maximum absolute atomic E-state index is 13.4. The molecule has 1 atom stereocenters. The predicted octanol–water partition coefficient (Wildman–Crippen LogP) is 1.69. The third-order valence-corrected chi connectivity index (χ3v) is 3.40. The van der Waals surface area contributed by atoms with Gasteiger partial charge in [0.15, 0.2) is 0 Å². The molecule has 90 valence electrons. The number of nitrogens with one attached hydrogen (secondary N) is 1. The fourth-order valence-corrected chi connectivity index (χ4v) is 2.52. The minimum atomic E-state index is -0.483. The van der Waals surface area contributed by atoms with Crippen LogP contribution in [-0.2, 0) is 0 Å². The Balaban J connectivity index is 2.36. The molecule has 1 aromatic heterocycles. The van der Waals surface area contributed by atoms with Crippen molar-refractivity contribution in [1.82, 2.24) is 9.55 Å². The topological polar surface area (TPSA) is 54.9 Å².